The Morgan fingerprint density at radius 1 is 1.47 bits per heavy atom. The zero-order chi connectivity index (χ0) is 14.4. The first-order chi connectivity index (χ1) is 8.95. The van der Waals surface area contributed by atoms with Gasteiger partial charge in [0.25, 0.3) is 0 Å². The summed E-state index contributed by atoms with van der Waals surface area (Å²) < 4.78 is 5.53. The zero-order valence-corrected chi connectivity index (χ0v) is 11.9. The summed E-state index contributed by atoms with van der Waals surface area (Å²) in [6.45, 7) is 7.29. The van der Waals surface area contributed by atoms with Crippen LogP contribution in [0.2, 0.25) is 0 Å². The molecule has 0 spiro atoms. The van der Waals surface area contributed by atoms with Crippen molar-refractivity contribution in [2.75, 3.05) is 19.7 Å². The fourth-order valence-corrected chi connectivity index (χ4v) is 2.23. The van der Waals surface area contributed by atoms with Crippen molar-refractivity contribution in [3.8, 4) is 0 Å². The van der Waals surface area contributed by atoms with E-state index >= 15 is 0 Å². The first kappa shape index (κ1) is 15.8. The topological polar surface area (TPSA) is 78.9 Å². The number of carbonyl (C=O) groups excluding carboxylic acids is 1. The lowest BCUT2D eigenvalue weighted by Gasteiger charge is -2.33. The molecule has 2 unspecified atom stereocenters. The average Bonchev–Trinajstić information content (AvgIpc) is 2.35. The molecule has 6 nitrogen and oxygen atoms in total. The number of likely N-dealkylation sites (tertiary alicyclic amines) is 1. The number of hydrogen-bond donors (Lipinski definition) is 2. The quantitative estimate of drug-likeness (QED) is 0.791. The molecule has 110 valence electrons. The molecule has 1 fully saturated rings. The van der Waals surface area contributed by atoms with Crippen molar-refractivity contribution in [2.45, 2.75) is 45.8 Å². The number of piperidine rings is 1. The molecule has 0 aliphatic carbocycles. The third-order valence-electron chi connectivity index (χ3n) is 3.28. The molecule has 0 aromatic heterocycles. The van der Waals surface area contributed by atoms with Crippen molar-refractivity contribution < 1.29 is 19.4 Å². The Morgan fingerprint density at radius 3 is 2.68 bits per heavy atom. The van der Waals surface area contributed by atoms with E-state index in [9.17, 15) is 9.59 Å². The lowest BCUT2D eigenvalue weighted by atomic mass is 10.0. The number of nitrogens with zero attached hydrogens (tertiary/aromatic N) is 1. The highest BCUT2D eigenvalue weighted by Crippen LogP contribution is 2.14. The number of ether oxygens (including phenoxy) is 1. The Kier molecular flexibility index (Phi) is 6.08. The van der Waals surface area contributed by atoms with Crippen LogP contribution in [0.3, 0.4) is 0 Å². The largest absolute Gasteiger partial charge is 0.480 e. The Balaban J connectivity index is 2.54. The number of aliphatic carboxylic acids is 1. The summed E-state index contributed by atoms with van der Waals surface area (Å²) in [6, 6.07) is -1.16. The summed E-state index contributed by atoms with van der Waals surface area (Å²) >= 11 is 0. The molecule has 2 atom stereocenters. The van der Waals surface area contributed by atoms with Crippen molar-refractivity contribution in [2.24, 2.45) is 5.92 Å². The van der Waals surface area contributed by atoms with Gasteiger partial charge < -0.3 is 20.1 Å². The first-order valence-corrected chi connectivity index (χ1v) is 6.85. The highest BCUT2D eigenvalue weighted by Gasteiger charge is 2.28. The molecule has 6 heteroatoms. The van der Waals surface area contributed by atoms with Crippen molar-refractivity contribution in [1.29, 1.82) is 0 Å². The van der Waals surface area contributed by atoms with Crippen LogP contribution in [0.4, 0.5) is 4.79 Å². The van der Waals surface area contributed by atoms with E-state index < -0.39 is 12.0 Å². The Bertz CT molecular complexity index is 318. The maximum Gasteiger partial charge on any atom is 0.326 e. The van der Waals surface area contributed by atoms with Crippen LogP contribution < -0.4 is 5.32 Å². The molecule has 1 saturated heterocycles. The Labute approximate surface area is 114 Å². The highest BCUT2D eigenvalue weighted by molar-refractivity contribution is 5.82. The molecule has 1 heterocycles. The third kappa shape index (κ3) is 4.70. The van der Waals surface area contributed by atoms with Gasteiger partial charge in [-0.15, -0.1) is 0 Å². The second-order valence-corrected chi connectivity index (χ2v) is 5.18. The van der Waals surface area contributed by atoms with Crippen molar-refractivity contribution in [1.82, 2.24) is 10.2 Å². The first-order valence-electron chi connectivity index (χ1n) is 6.85. The normalized spacial score (nSPS) is 21.3. The zero-order valence-electron chi connectivity index (χ0n) is 11.9. The number of carboxylic acids is 1. The molecule has 0 radical (unpaired) electrons. The maximum absolute atomic E-state index is 12.1. The molecule has 2 N–H and O–H groups in total. The number of rotatable bonds is 5. The van der Waals surface area contributed by atoms with E-state index in [2.05, 4.69) is 5.32 Å². The van der Waals surface area contributed by atoms with Crippen LogP contribution in [0.5, 0.6) is 0 Å². The molecule has 0 saturated carbocycles. The van der Waals surface area contributed by atoms with Gasteiger partial charge in [0.05, 0.1) is 6.10 Å². The van der Waals surface area contributed by atoms with Gasteiger partial charge in [-0.3, -0.25) is 0 Å². The molecular weight excluding hydrogens is 248 g/mol. The summed E-state index contributed by atoms with van der Waals surface area (Å²) in [5, 5.41) is 11.6. The van der Waals surface area contributed by atoms with E-state index in [0.717, 1.165) is 12.8 Å². The maximum atomic E-state index is 12.1. The second-order valence-electron chi connectivity index (χ2n) is 5.18. The lowest BCUT2D eigenvalue weighted by molar-refractivity contribution is -0.140. The third-order valence-corrected chi connectivity index (χ3v) is 3.28. The molecule has 2 amide bonds. The van der Waals surface area contributed by atoms with Crippen LogP contribution in [-0.2, 0) is 9.53 Å². The van der Waals surface area contributed by atoms with Crippen LogP contribution in [0.1, 0.15) is 33.6 Å². The molecular formula is C13H24N2O4. The van der Waals surface area contributed by atoms with Gasteiger partial charge in [-0.1, -0.05) is 13.8 Å². The van der Waals surface area contributed by atoms with E-state index in [-0.39, 0.29) is 18.1 Å². The van der Waals surface area contributed by atoms with Crippen LogP contribution in [-0.4, -0.2) is 53.8 Å². The predicted octanol–water partition coefficient (Wildman–Crippen LogP) is 1.31. The van der Waals surface area contributed by atoms with Crippen LogP contribution in [0, 0.1) is 5.92 Å². The highest BCUT2D eigenvalue weighted by atomic mass is 16.5. The van der Waals surface area contributed by atoms with Gasteiger partial charge >= 0.3 is 12.0 Å². The number of amides is 2. The second kappa shape index (κ2) is 7.33. The van der Waals surface area contributed by atoms with E-state index in [1.165, 1.54) is 0 Å². The standard InChI is InChI=1S/C13H24N2O4/c1-4-19-10-6-5-7-15(8-10)13(18)14-11(9(2)3)12(16)17/h9-11H,4-8H2,1-3H3,(H,14,18)(H,16,17). The van der Waals surface area contributed by atoms with Gasteiger partial charge in [0.2, 0.25) is 0 Å². The van der Waals surface area contributed by atoms with Gasteiger partial charge in [0.15, 0.2) is 0 Å². The number of urea groups is 1. The number of carboxylic acid groups (broad SMARTS) is 1. The average molecular weight is 272 g/mol. The molecule has 1 rings (SSSR count). The number of hydrogen-bond acceptors (Lipinski definition) is 3. The number of carbonyl (C=O) groups is 2. The summed E-state index contributed by atoms with van der Waals surface area (Å²) in [6.07, 6.45) is 1.90. The molecule has 0 bridgehead atoms. The SMILES string of the molecule is CCOC1CCCN(C(=O)NC(C(=O)O)C(C)C)C1. The summed E-state index contributed by atoms with van der Waals surface area (Å²) in [5.41, 5.74) is 0. The smallest absolute Gasteiger partial charge is 0.326 e. The predicted molar refractivity (Wildman–Crippen MR) is 71.0 cm³/mol. The van der Waals surface area contributed by atoms with Crippen LogP contribution in [0.15, 0.2) is 0 Å². The van der Waals surface area contributed by atoms with E-state index in [1.807, 2.05) is 6.92 Å². The minimum absolute atomic E-state index is 0.0619. The fourth-order valence-electron chi connectivity index (χ4n) is 2.23. The van der Waals surface area contributed by atoms with Crippen LogP contribution >= 0.6 is 0 Å². The Hall–Kier alpha value is -1.30. The van der Waals surface area contributed by atoms with E-state index in [1.54, 1.807) is 18.7 Å². The monoisotopic (exact) mass is 272 g/mol. The van der Waals surface area contributed by atoms with Gasteiger partial charge in [0, 0.05) is 19.7 Å². The molecule has 1 aliphatic heterocycles. The Morgan fingerprint density at radius 2 is 2.16 bits per heavy atom. The minimum Gasteiger partial charge on any atom is -0.480 e. The van der Waals surface area contributed by atoms with Gasteiger partial charge in [-0.05, 0) is 25.7 Å². The van der Waals surface area contributed by atoms with Gasteiger partial charge in [-0.25, -0.2) is 9.59 Å². The summed E-state index contributed by atoms with van der Waals surface area (Å²) in [7, 11) is 0. The van der Waals surface area contributed by atoms with Gasteiger partial charge in [0.1, 0.15) is 6.04 Å². The van der Waals surface area contributed by atoms with Crippen LogP contribution in [0.25, 0.3) is 0 Å². The number of nitrogens with one attached hydrogen (secondary N) is 1. The van der Waals surface area contributed by atoms with Crippen molar-refractivity contribution >= 4 is 12.0 Å². The molecule has 0 aromatic carbocycles. The molecule has 1 aliphatic rings. The summed E-state index contributed by atoms with van der Waals surface area (Å²) in [4.78, 5) is 24.8. The molecule has 0 aromatic rings. The minimum atomic E-state index is -0.998. The van der Waals surface area contributed by atoms with E-state index in [4.69, 9.17) is 9.84 Å². The van der Waals surface area contributed by atoms with Gasteiger partial charge in [-0.2, -0.15) is 0 Å². The van der Waals surface area contributed by atoms with Crippen molar-refractivity contribution in [3.05, 3.63) is 0 Å². The van der Waals surface area contributed by atoms with E-state index in [0.29, 0.717) is 19.7 Å². The fraction of sp³-hybridized carbons (Fsp3) is 0.846. The summed E-state index contributed by atoms with van der Waals surface area (Å²) in [5.74, 6) is -1.14. The molecule has 19 heavy (non-hydrogen) atoms. The van der Waals surface area contributed by atoms with Crippen molar-refractivity contribution in [3.63, 3.8) is 0 Å². The lowest BCUT2D eigenvalue weighted by Crippen LogP contribution is -2.53.